The molecular formula is C13H6Cl2F4OS. The van der Waals surface area contributed by atoms with E-state index in [2.05, 4.69) is 0 Å². The third-order valence-corrected chi connectivity index (χ3v) is 3.44. The van der Waals surface area contributed by atoms with Crippen molar-refractivity contribution in [3.63, 3.8) is 0 Å². The lowest BCUT2D eigenvalue weighted by atomic mass is 10.3. The molecule has 0 unspecified atom stereocenters. The molecule has 2 aromatic carbocycles. The molecule has 112 valence electrons. The van der Waals surface area contributed by atoms with Gasteiger partial charge in [-0.05, 0) is 42.1 Å². The third-order valence-electron chi connectivity index (χ3n) is 2.20. The second-order valence-electron chi connectivity index (χ2n) is 3.85. The maximum Gasteiger partial charge on any atom is 0.446 e. The summed E-state index contributed by atoms with van der Waals surface area (Å²) in [7, 11) is 0. The molecule has 2 aromatic rings. The molecule has 0 atom stereocenters. The highest BCUT2D eigenvalue weighted by molar-refractivity contribution is 8.00. The smallest absolute Gasteiger partial charge is 0.446 e. The number of rotatable bonds is 3. The Morgan fingerprint density at radius 1 is 1.00 bits per heavy atom. The Morgan fingerprint density at radius 3 is 2.29 bits per heavy atom. The molecule has 0 fully saturated rings. The van der Waals surface area contributed by atoms with Crippen molar-refractivity contribution in [2.45, 2.75) is 10.4 Å². The van der Waals surface area contributed by atoms with Gasteiger partial charge in [0, 0.05) is 16.0 Å². The van der Waals surface area contributed by atoms with Crippen molar-refractivity contribution in [1.29, 1.82) is 0 Å². The number of thioether (sulfide) groups is 1. The summed E-state index contributed by atoms with van der Waals surface area (Å²) in [4.78, 5) is -0.0721. The quantitative estimate of drug-likeness (QED) is 0.456. The van der Waals surface area contributed by atoms with Crippen LogP contribution in [-0.2, 0) is 0 Å². The van der Waals surface area contributed by atoms with Gasteiger partial charge in [0.1, 0.15) is 17.3 Å². The van der Waals surface area contributed by atoms with Crippen LogP contribution in [0.25, 0.3) is 0 Å². The SMILES string of the molecule is Fc1cc(Cl)cc(Oc2ccc(SC(F)(F)F)cc2Cl)c1. The van der Waals surface area contributed by atoms with Crippen molar-refractivity contribution in [2.75, 3.05) is 0 Å². The Balaban J connectivity index is 2.21. The van der Waals surface area contributed by atoms with E-state index in [-0.39, 0.29) is 38.2 Å². The van der Waals surface area contributed by atoms with E-state index in [1.54, 1.807) is 0 Å². The zero-order chi connectivity index (χ0) is 15.6. The van der Waals surface area contributed by atoms with E-state index in [4.69, 9.17) is 27.9 Å². The summed E-state index contributed by atoms with van der Waals surface area (Å²) in [5.41, 5.74) is -4.40. The minimum Gasteiger partial charge on any atom is -0.456 e. The van der Waals surface area contributed by atoms with E-state index >= 15 is 0 Å². The van der Waals surface area contributed by atoms with Gasteiger partial charge in [-0.3, -0.25) is 0 Å². The van der Waals surface area contributed by atoms with Crippen molar-refractivity contribution in [3.05, 3.63) is 52.3 Å². The molecule has 0 bridgehead atoms. The molecule has 0 aliphatic heterocycles. The lowest BCUT2D eigenvalue weighted by Crippen LogP contribution is -1.99. The average molecular weight is 357 g/mol. The molecule has 0 spiro atoms. The molecule has 0 amide bonds. The molecule has 8 heteroatoms. The summed E-state index contributed by atoms with van der Waals surface area (Å²) in [5.74, 6) is -0.402. The van der Waals surface area contributed by atoms with Gasteiger partial charge in [-0.1, -0.05) is 23.2 Å². The largest absolute Gasteiger partial charge is 0.456 e. The first-order valence-electron chi connectivity index (χ1n) is 5.42. The van der Waals surface area contributed by atoms with Crippen molar-refractivity contribution in [1.82, 2.24) is 0 Å². The molecule has 0 aliphatic carbocycles. The van der Waals surface area contributed by atoms with Crippen molar-refractivity contribution in [3.8, 4) is 11.5 Å². The van der Waals surface area contributed by atoms with Gasteiger partial charge < -0.3 is 4.74 Å². The second kappa shape index (κ2) is 6.34. The first kappa shape index (κ1) is 16.3. The maximum absolute atomic E-state index is 13.2. The van der Waals surface area contributed by atoms with Crippen molar-refractivity contribution >= 4 is 35.0 Å². The van der Waals surface area contributed by atoms with Crippen LogP contribution in [0.4, 0.5) is 17.6 Å². The Labute approximate surface area is 131 Å². The highest BCUT2D eigenvalue weighted by Crippen LogP contribution is 2.40. The number of ether oxygens (including phenoxy) is 1. The Hall–Kier alpha value is -1.11. The van der Waals surface area contributed by atoms with Crippen LogP contribution < -0.4 is 4.74 Å². The Kier molecular flexibility index (Phi) is 4.91. The average Bonchev–Trinajstić information content (AvgIpc) is 2.29. The van der Waals surface area contributed by atoms with E-state index in [9.17, 15) is 17.6 Å². The molecule has 0 radical (unpaired) electrons. The lowest BCUT2D eigenvalue weighted by molar-refractivity contribution is -0.0328. The molecule has 1 nitrogen and oxygen atoms in total. The number of hydrogen-bond donors (Lipinski definition) is 0. The van der Waals surface area contributed by atoms with Gasteiger partial charge in [-0.15, -0.1) is 0 Å². The molecule has 0 aromatic heterocycles. The molecule has 2 rings (SSSR count). The summed E-state index contributed by atoms with van der Waals surface area (Å²) in [6.45, 7) is 0. The summed E-state index contributed by atoms with van der Waals surface area (Å²) in [5, 5.41) is 0.106. The van der Waals surface area contributed by atoms with Crippen LogP contribution in [0, 0.1) is 5.82 Å². The van der Waals surface area contributed by atoms with Crippen LogP contribution in [0.2, 0.25) is 10.0 Å². The van der Waals surface area contributed by atoms with Crippen molar-refractivity contribution in [2.24, 2.45) is 0 Å². The molecule has 0 saturated heterocycles. The van der Waals surface area contributed by atoms with Crippen LogP contribution in [0.3, 0.4) is 0 Å². The van der Waals surface area contributed by atoms with Gasteiger partial charge in [-0.25, -0.2) is 4.39 Å². The van der Waals surface area contributed by atoms with Gasteiger partial charge in [0.15, 0.2) is 0 Å². The predicted molar refractivity (Wildman–Crippen MR) is 74.8 cm³/mol. The predicted octanol–water partition coefficient (Wildman–Crippen LogP) is 6.54. The minimum absolute atomic E-state index is 0.0235. The number of benzene rings is 2. The molecule has 0 aliphatic rings. The highest BCUT2D eigenvalue weighted by atomic mass is 35.5. The van der Waals surface area contributed by atoms with Crippen LogP contribution in [0.5, 0.6) is 11.5 Å². The van der Waals surface area contributed by atoms with Gasteiger partial charge >= 0.3 is 5.51 Å². The van der Waals surface area contributed by atoms with E-state index in [0.29, 0.717) is 0 Å². The summed E-state index contributed by atoms with van der Waals surface area (Å²) < 4.78 is 55.2. The standard InChI is InChI=1S/C13H6Cl2F4OS/c14-7-3-8(16)5-9(4-7)20-12-2-1-10(6-11(12)15)21-13(17,18)19/h1-6H. The Morgan fingerprint density at radius 2 is 1.71 bits per heavy atom. The monoisotopic (exact) mass is 356 g/mol. The van der Waals surface area contributed by atoms with Crippen LogP contribution in [0.15, 0.2) is 41.3 Å². The van der Waals surface area contributed by atoms with E-state index in [0.717, 1.165) is 18.2 Å². The number of halogens is 6. The second-order valence-corrected chi connectivity index (χ2v) is 5.83. The van der Waals surface area contributed by atoms with Gasteiger partial charge in [0.25, 0.3) is 0 Å². The normalized spacial score (nSPS) is 11.5. The molecule has 21 heavy (non-hydrogen) atoms. The zero-order valence-corrected chi connectivity index (χ0v) is 12.4. The molecule has 0 N–H and O–H groups in total. The number of hydrogen-bond acceptors (Lipinski definition) is 2. The molecular weight excluding hydrogens is 351 g/mol. The van der Waals surface area contributed by atoms with E-state index in [1.807, 2.05) is 0 Å². The maximum atomic E-state index is 13.2. The van der Waals surface area contributed by atoms with Gasteiger partial charge in [-0.2, -0.15) is 13.2 Å². The zero-order valence-electron chi connectivity index (χ0n) is 10.0. The van der Waals surface area contributed by atoms with Crippen LogP contribution >= 0.6 is 35.0 Å². The van der Waals surface area contributed by atoms with Gasteiger partial charge in [0.05, 0.1) is 5.02 Å². The molecule has 0 heterocycles. The fraction of sp³-hybridized carbons (Fsp3) is 0.0769. The lowest BCUT2D eigenvalue weighted by Gasteiger charge is -2.10. The number of alkyl halides is 3. The van der Waals surface area contributed by atoms with Crippen LogP contribution in [-0.4, -0.2) is 5.51 Å². The van der Waals surface area contributed by atoms with E-state index in [1.165, 1.54) is 18.2 Å². The van der Waals surface area contributed by atoms with Gasteiger partial charge in [0.2, 0.25) is 0 Å². The summed E-state index contributed by atoms with van der Waals surface area (Å²) in [6, 6.07) is 7.14. The van der Waals surface area contributed by atoms with Crippen LogP contribution in [0.1, 0.15) is 0 Å². The highest BCUT2D eigenvalue weighted by Gasteiger charge is 2.29. The summed E-state index contributed by atoms with van der Waals surface area (Å²) >= 11 is 11.2. The summed E-state index contributed by atoms with van der Waals surface area (Å²) in [6.07, 6.45) is 0. The van der Waals surface area contributed by atoms with E-state index < -0.39 is 11.3 Å². The Bertz CT molecular complexity index is 641. The molecule has 0 saturated carbocycles. The fourth-order valence-corrected chi connectivity index (χ4v) is 2.55. The third kappa shape index (κ3) is 4.98. The minimum atomic E-state index is -4.40. The first-order valence-corrected chi connectivity index (χ1v) is 6.99. The van der Waals surface area contributed by atoms with Crippen molar-refractivity contribution < 1.29 is 22.3 Å². The topological polar surface area (TPSA) is 9.23 Å². The fourth-order valence-electron chi connectivity index (χ4n) is 1.48. The first-order chi connectivity index (χ1) is 9.73.